The Morgan fingerprint density at radius 3 is 2.56 bits per heavy atom. The molecule has 0 fully saturated rings. The van der Waals surface area contributed by atoms with Crippen LogP contribution in [0.3, 0.4) is 0 Å². The summed E-state index contributed by atoms with van der Waals surface area (Å²) >= 11 is 0. The zero-order chi connectivity index (χ0) is 12.3. The van der Waals surface area contributed by atoms with Crippen molar-refractivity contribution >= 4 is 10.8 Å². The monoisotopic (exact) mass is 251 g/mol. The average Bonchev–Trinajstić information content (AvgIpc) is 2.26. The van der Waals surface area contributed by atoms with Crippen molar-refractivity contribution in [2.45, 2.75) is 23.2 Å². The van der Waals surface area contributed by atoms with E-state index in [2.05, 4.69) is 0 Å². The highest BCUT2D eigenvalue weighted by Crippen LogP contribution is 2.30. The summed E-state index contributed by atoms with van der Waals surface area (Å²) in [4.78, 5) is 0.160. The van der Waals surface area contributed by atoms with E-state index in [-0.39, 0.29) is 16.7 Å². The maximum absolute atomic E-state index is 12.4. The first-order valence-electron chi connectivity index (χ1n) is 4.64. The maximum Gasteiger partial charge on any atom is 0.416 e. The van der Waals surface area contributed by atoms with Crippen molar-refractivity contribution < 1.29 is 17.4 Å². The first kappa shape index (κ1) is 13.2. The Labute approximate surface area is 94.1 Å². The van der Waals surface area contributed by atoms with Gasteiger partial charge < -0.3 is 5.73 Å². The van der Waals surface area contributed by atoms with Gasteiger partial charge in [-0.2, -0.15) is 13.2 Å². The summed E-state index contributed by atoms with van der Waals surface area (Å²) in [5.41, 5.74) is 4.53. The molecular formula is C10H12F3NOS. The molecule has 0 spiro atoms. The minimum atomic E-state index is -4.41. The minimum absolute atomic E-state index is 0.160. The molecule has 2 nitrogen and oxygen atoms in total. The molecule has 16 heavy (non-hydrogen) atoms. The number of hydrogen-bond acceptors (Lipinski definition) is 2. The highest BCUT2D eigenvalue weighted by molar-refractivity contribution is 7.85. The third kappa shape index (κ3) is 3.05. The summed E-state index contributed by atoms with van der Waals surface area (Å²) in [6.07, 6.45) is -4.41. The number of halogens is 3. The van der Waals surface area contributed by atoms with Gasteiger partial charge in [-0.25, -0.2) is 0 Å². The average molecular weight is 251 g/mol. The molecule has 1 aromatic carbocycles. The summed E-state index contributed by atoms with van der Waals surface area (Å²) in [5, 5.41) is -0.358. The van der Waals surface area contributed by atoms with E-state index < -0.39 is 22.5 Å². The largest absolute Gasteiger partial charge is 0.416 e. The van der Waals surface area contributed by atoms with Crippen LogP contribution in [-0.2, 0) is 17.0 Å². The van der Waals surface area contributed by atoms with Crippen LogP contribution in [0.1, 0.15) is 12.5 Å². The molecule has 90 valence electrons. The van der Waals surface area contributed by atoms with Gasteiger partial charge in [0.15, 0.2) is 0 Å². The standard InChI is InChI=1S/C10H12F3NOS/c1-7(6-14)16(15)9-4-2-3-8(5-9)10(11,12)13/h2-5,7H,6,14H2,1H3. The lowest BCUT2D eigenvalue weighted by atomic mass is 10.2. The fraction of sp³-hybridized carbons (Fsp3) is 0.400. The fourth-order valence-electron chi connectivity index (χ4n) is 1.12. The molecule has 0 bridgehead atoms. The Morgan fingerprint density at radius 1 is 1.44 bits per heavy atom. The van der Waals surface area contributed by atoms with Crippen molar-refractivity contribution in [1.29, 1.82) is 0 Å². The lowest BCUT2D eigenvalue weighted by molar-refractivity contribution is -0.137. The molecule has 0 aliphatic heterocycles. The van der Waals surface area contributed by atoms with Gasteiger partial charge in [-0.05, 0) is 25.1 Å². The molecule has 1 rings (SSSR count). The Morgan fingerprint density at radius 2 is 2.06 bits per heavy atom. The van der Waals surface area contributed by atoms with Gasteiger partial charge in [0.25, 0.3) is 0 Å². The highest BCUT2D eigenvalue weighted by atomic mass is 32.2. The molecule has 0 saturated carbocycles. The van der Waals surface area contributed by atoms with Gasteiger partial charge in [-0.3, -0.25) is 4.21 Å². The van der Waals surface area contributed by atoms with Crippen molar-refractivity contribution in [2.75, 3.05) is 6.54 Å². The van der Waals surface area contributed by atoms with Crippen molar-refractivity contribution in [3.8, 4) is 0 Å². The highest BCUT2D eigenvalue weighted by Gasteiger charge is 2.31. The van der Waals surface area contributed by atoms with E-state index in [1.54, 1.807) is 6.92 Å². The van der Waals surface area contributed by atoms with E-state index in [0.29, 0.717) is 0 Å². The summed E-state index contributed by atoms with van der Waals surface area (Å²) in [5.74, 6) is 0. The van der Waals surface area contributed by atoms with Crippen LogP contribution in [-0.4, -0.2) is 16.0 Å². The van der Waals surface area contributed by atoms with Crippen LogP contribution in [0.15, 0.2) is 29.2 Å². The van der Waals surface area contributed by atoms with E-state index in [9.17, 15) is 17.4 Å². The van der Waals surface area contributed by atoms with E-state index in [1.165, 1.54) is 12.1 Å². The lowest BCUT2D eigenvalue weighted by Gasteiger charge is -2.11. The van der Waals surface area contributed by atoms with Crippen molar-refractivity contribution in [1.82, 2.24) is 0 Å². The Bertz CT molecular complexity index is 392. The van der Waals surface area contributed by atoms with Crippen molar-refractivity contribution in [2.24, 2.45) is 5.73 Å². The van der Waals surface area contributed by atoms with E-state index in [0.717, 1.165) is 12.1 Å². The van der Waals surface area contributed by atoms with Crippen molar-refractivity contribution in [3.63, 3.8) is 0 Å². The van der Waals surface area contributed by atoms with Crippen LogP contribution in [0.2, 0.25) is 0 Å². The van der Waals surface area contributed by atoms with Crippen LogP contribution < -0.4 is 5.73 Å². The molecule has 1 aromatic rings. The van der Waals surface area contributed by atoms with E-state index in [1.807, 2.05) is 0 Å². The van der Waals surface area contributed by atoms with Gasteiger partial charge in [0.1, 0.15) is 0 Å². The molecule has 0 aromatic heterocycles. The van der Waals surface area contributed by atoms with E-state index in [4.69, 9.17) is 5.73 Å². The smallest absolute Gasteiger partial charge is 0.329 e. The van der Waals surface area contributed by atoms with Gasteiger partial charge in [-0.1, -0.05) is 6.07 Å². The van der Waals surface area contributed by atoms with E-state index >= 15 is 0 Å². The summed E-state index contributed by atoms with van der Waals surface area (Å²) < 4.78 is 48.9. The Kier molecular flexibility index (Phi) is 4.09. The second-order valence-electron chi connectivity index (χ2n) is 3.37. The first-order valence-corrected chi connectivity index (χ1v) is 5.85. The molecular weight excluding hydrogens is 239 g/mol. The van der Waals surface area contributed by atoms with Crippen LogP contribution in [0.4, 0.5) is 13.2 Å². The number of hydrogen-bond donors (Lipinski definition) is 1. The van der Waals surface area contributed by atoms with Gasteiger partial charge in [0.05, 0.1) is 16.4 Å². The number of nitrogens with two attached hydrogens (primary N) is 1. The molecule has 0 saturated heterocycles. The van der Waals surface area contributed by atoms with Gasteiger partial charge >= 0.3 is 6.18 Å². The second kappa shape index (κ2) is 4.97. The minimum Gasteiger partial charge on any atom is -0.329 e. The Hall–Kier alpha value is -0.880. The molecule has 0 radical (unpaired) electrons. The van der Waals surface area contributed by atoms with Crippen LogP contribution >= 0.6 is 0 Å². The molecule has 0 amide bonds. The molecule has 0 aliphatic rings. The lowest BCUT2D eigenvalue weighted by Crippen LogP contribution is -2.22. The zero-order valence-corrected chi connectivity index (χ0v) is 9.44. The molecule has 2 atom stereocenters. The second-order valence-corrected chi connectivity index (χ2v) is 5.24. The van der Waals surface area contributed by atoms with Crippen LogP contribution in [0.5, 0.6) is 0 Å². The van der Waals surface area contributed by atoms with Gasteiger partial charge in [0, 0.05) is 16.7 Å². The molecule has 6 heteroatoms. The topological polar surface area (TPSA) is 43.1 Å². The molecule has 0 aliphatic carbocycles. The van der Waals surface area contributed by atoms with Gasteiger partial charge in [0.2, 0.25) is 0 Å². The molecule has 2 unspecified atom stereocenters. The van der Waals surface area contributed by atoms with Crippen LogP contribution in [0.25, 0.3) is 0 Å². The number of alkyl halides is 3. The third-order valence-corrected chi connectivity index (χ3v) is 3.73. The summed E-state index contributed by atoms with van der Waals surface area (Å²) in [7, 11) is -1.50. The predicted molar refractivity (Wildman–Crippen MR) is 56.4 cm³/mol. The molecule has 2 N–H and O–H groups in total. The summed E-state index contributed by atoms with van der Waals surface area (Å²) in [6, 6.07) is 4.52. The fourth-order valence-corrected chi connectivity index (χ4v) is 2.21. The number of rotatable bonds is 3. The Balaban J connectivity index is 3.04. The first-order chi connectivity index (χ1) is 7.36. The summed E-state index contributed by atoms with van der Waals surface area (Å²) in [6.45, 7) is 1.80. The van der Waals surface area contributed by atoms with Gasteiger partial charge in [-0.15, -0.1) is 0 Å². The molecule has 0 heterocycles. The quantitative estimate of drug-likeness (QED) is 0.894. The normalized spacial score (nSPS) is 15.8. The predicted octanol–water partition coefficient (Wildman–Crippen LogP) is 2.16. The van der Waals surface area contributed by atoms with Crippen LogP contribution in [0, 0.1) is 0 Å². The van der Waals surface area contributed by atoms with Crippen molar-refractivity contribution in [3.05, 3.63) is 29.8 Å². The zero-order valence-electron chi connectivity index (χ0n) is 8.62. The number of benzene rings is 1. The maximum atomic E-state index is 12.4. The SMILES string of the molecule is CC(CN)S(=O)c1cccc(C(F)(F)F)c1. The third-order valence-electron chi connectivity index (χ3n) is 2.09.